The van der Waals surface area contributed by atoms with Crippen molar-refractivity contribution in [2.45, 2.75) is 31.1 Å². The predicted molar refractivity (Wildman–Crippen MR) is 81.3 cm³/mol. The topological polar surface area (TPSA) is 91.3 Å². The number of carboxylic acids is 1. The Morgan fingerprint density at radius 1 is 1.19 bits per heavy atom. The van der Waals surface area contributed by atoms with Crippen molar-refractivity contribution in [3.05, 3.63) is 0 Å². The second kappa shape index (κ2) is 11.0. The van der Waals surface area contributed by atoms with Crippen LogP contribution in [0.3, 0.4) is 0 Å². The van der Waals surface area contributed by atoms with E-state index in [1.54, 1.807) is 6.92 Å². The van der Waals surface area contributed by atoms with Gasteiger partial charge in [0.15, 0.2) is 0 Å². The van der Waals surface area contributed by atoms with Crippen LogP contribution in [-0.2, 0) is 27.6 Å². The minimum atomic E-state index is -2.61. The van der Waals surface area contributed by atoms with Gasteiger partial charge in [-0.25, -0.2) is 0 Å². The maximum absolute atomic E-state index is 11.7. The van der Waals surface area contributed by atoms with Gasteiger partial charge in [-0.2, -0.15) is 0 Å². The maximum Gasteiger partial charge on any atom is 0.500 e. The van der Waals surface area contributed by atoms with Crippen LogP contribution in [0.15, 0.2) is 0 Å². The molecule has 124 valence electrons. The Morgan fingerprint density at radius 2 is 1.76 bits per heavy atom. The van der Waals surface area contributed by atoms with Crippen LogP contribution in [0.1, 0.15) is 19.8 Å². The average Bonchev–Trinajstić information content (AvgIpc) is 2.47. The number of esters is 1. The minimum Gasteiger partial charge on any atom is -0.481 e. The molecule has 0 aliphatic rings. The number of hydrogen-bond donors (Lipinski definition) is 1. The fraction of sp³-hybridized carbons (Fsp3) is 0.833. The Bertz CT molecular complexity index is 314. The number of rotatable bonds is 12. The molecule has 9 heteroatoms. The van der Waals surface area contributed by atoms with Crippen LogP contribution in [0, 0.1) is 0 Å². The number of carbonyl (C=O) groups excluding carboxylic acids is 1. The zero-order valence-electron chi connectivity index (χ0n) is 12.9. The highest BCUT2D eigenvalue weighted by Crippen LogP contribution is 2.16. The molecule has 7 nitrogen and oxygen atoms in total. The van der Waals surface area contributed by atoms with E-state index in [2.05, 4.69) is 0 Å². The lowest BCUT2D eigenvalue weighted by molar-refractivity contribution is -0.142. The number of ether oxygens (including phenoxy) is 1. The van der Waals surface area contributed by atoms with Crippen molar-refractivity contribution in [1.82, 2.24) is 0 Å². The van der Waals surface area contributed by atoms with Crippen molar-refractivity contribution in [3.63, 3.8) is 0 Å². The third-order valence-electron chi connectivity index (χ3n) is 2.82. The molecule has 0 saturated heterocycles. The van der Waals surface area contributed by atoms with E-state index < -0.39 is 14.8 Å². The molecule has 0 amide bonds. The van der Waals surface area contributed by atoms with E-state index in [4.69, 9.17) is 23.1 Å². The highest BCUT2D eigenvalue weighted by molar-refractivity contribution is 8.00. The molecule has 0 saturated carbocycles. The summed E-state index contributed by atoms with van der Waals surface area (Å²) in [5, 5.41) is 8.15. The molecule has 0 radical (unpaired) electrons. The van der Waals surface area contributed by atoms with Crippen LogP contribution >= 0.6 is 11.8 Å². The van der Waals surface area contributed by atoms with Crippen LogP contribution in [0.25, 0.3) is 0 Å². The zero-order chi connectivity index (χ0) is 16.3. The summed E-state index contributed by atoms with van der Waals surface area (Å²) in [6, 6.07) is 0.560. The molecule has 0 aromatic rings. The molecule has 0 rings (SSSR count). The van der Waals surface area contributed by atoms with Crippen molar-refractivity contribution in [3.8, 4) is 0 Å². The fourth-order valence-corrected chi connectivity index (χ4v) is 4.07. The predicted octanol–water partition coefficient (Wildman–Crippen LogP) is 1.39. The highest BCUT2D eigenvalue weighted by Gasteiger charge is 2.37. The van der Waals surface area contributed by atoms with E-state index in [0.29, 0.717) is 18.2 Å². The number of carbonyl (C=O) groups is 2. The number of thioether (sulfide) groups is 1. The van der Waals surface area contributed by atoms with Crippen molar-refractivity contribution in [2.75, 3.05) is 33.7 Å². The molecule has 1 atom stereocenters. The first-order valence-electron chi connectivity index (χ1n) is 6.56. The van der Waals surface area contributed by atoms with Gasteiger partial charge in [-0.05, 0) is 13.3 Å². The Kier molecular flexibility index (Phi) is 10.7. The van der Waals surface area contributed by atoms with E-state index >= 15 is 0 Å². The molecule has 0 bridgehead atoms. The van der Waals surface area contributed by atoms with Gasteiger partial charge < -0.3 is 23.1 Å². The summed E-state index contributed by atoms with van der Waals surface area (Å²) in [6.45, 7) is 1.96. The molecule has 0 spiro atoms. The molecule has 21 heavy (non-hydrogen) atoms. The van der Waals surface area contributed by atoms with Crippen LogP contribution in [0.2, 0.25) is 6.04 Å². The summed E-state index contributed by atoms with van der Waals surface area (Å²) in [4.78, 5) is 22.1. The Balaban J connectivity index is 3.90. The average molecular weight is 340 g/mol. The first-order chi connectivity index (χ1) is 9.90. The van der Waals surface area contributed by atoms with Gasteiger partial charge in [0.2, 0.25) is 0 Å². The lowest BCUT2D eigenvalue weighted by atomic mass is 10.5. The standard InChI is InChI=1S/C12H24O7SSi/c1-10(20-8-6-11(13)14)12(15)19-7-5-9-21(16-2,17-3)18-4/h10H,5-9H2,1-4H3,(H,13,14). The van der Waals surface area contributed by atoms with E-state index in [-0.39, 0.29) is 24.2 Å². The van der Waals surface area contributed by atoms with Crippen LogP contribution in [0.5, 0.6) is 0 Å². The Morgan fingerprint density at radius 3 is 2.24 bits per heavy atom. The van der Waals surface area contributed by atoms with Crippen LogP contribution < -0.4 is 0 Å². The second-order valence-corrected chi connectivity index (χ2v) is 8.76. The number of carboxylic acid groups (broad SMARTS) is 1. The normalized spacial score (nSPS) is 13.0. The molecule has 0 heterocycles. The molecule has 0 aromatic carbocycles. The summed E-state index contributed by atoms with van der Waals surface area (Å²) in [5.41, 5.74) is 0. The quantitative estimate of drug-likeness (QED) is 0.324. The summed E-state index contributed by atoms with van der Waals surface area (Å²) in [6.07, 6.45) is 0.617. The van der Waals surface area contributed by atoms with E-state index in [9.17, 15) is 9.59 Å². The van der Waals surface area contributed by atoms with E-state index in [0.717, 1.165) is 0 Å². The first kappa shape index (κ1) is 20.4. The fourth-order valence-electron chi connectivity index (χ4n) is 1.53. The van der Waals surface area contributed by atoms with Gasteiger partial charge in [0.05, 0.1) is 18.3 Å². The molecule has 1 unspecified atom stereocenters. The van der Waals surface area contributed by atoms with Gasteiger partial charge >= 0.3 is 20.7 Å². The van der Waals surface area contributed by atoms with Crippen molar-refractivity contribution in [2.24, 2.45) is 0 Å². The van der Waals surface area contributed by atoms with Crippen LogP contribution in [-0.4, -0.2) is 64.8 Å². The van der Waals surface area contributed by atoms with Crippen molar-refractivity contribution < 1.29 is 32.7 Å². The van der Waals surface area contributed by atoms with E-state index in [1.165, 1.54) is 33.1 Å². The summed E-state index contributed by atoms with van der Waals surface area (Å²) >= 11 is 1.27. The van der Waals surface area contributed by atoms with Gasteiger partial charge in [0.1, 0.15) is 0 Å². The zero-order valence-corrected chi connectivity index (χ0v) is 14.7. The first-order valence-corrected chi connectivity index (χ1v) is 9.54. The molecule has 0 aliphatic carbocycles. The third-order valence-corrected chi connectivity index (χ3v) is 6.78. The monoisotopic (exact) mass is 340 g/mol. The van der Waals surface area contributed by atoms with Gasteiger partial charge in [-0.3, -0.25) is 9.59 Å². The SMILES string of the molecule is CO[Si](CCCOC(=O)C(C)SCCC(=O)O)(OC)OC. The number of hydrogen-bond acceptors (Lipinski definition) is 7. The highest BCUT2D eigenvalue weighted by atomic mass is 32.2. The second-order valence-electron chi connectivity index (χ2n) is 4.22. The van der Waals surface area contributed by atoms with Gasteiger partial charge in [-0.15, -0.1) is 11.8 Å². The Labute approximate surface area is 130 Å². The lowest BCUT2D eigenvalue weighted by Gasteiger charge is -2.24. The maximum atomic E-state index is 11.7. The molecular weight excluding hydrogens is 316 g/mol. The summed E-state index contributed by atoms with van der Waals surface area (Å²) in [5.74, 6) is -0.827. The van der Waals surface area contributed by atoms with Crippen LogP contribution in [0.4, 0.5) is 0 Å². The van der Waals surface area contributed by atoms with Gasteiger partial charge in [0.25, 0.3) is 0 Å². The molecule has 0 aromatic heterocycles. The molecule has 0 fully saturated rings. The minimum absolute atomic E-state index is 0.0337. The van der Waals surface area contributed by atoms with Crippen molar-refractivity contribution in [1.29, 1.82) is 0 Å². The summed E-state index contributed by atoms with van der Waals surface area (Å²) in [7, 11) is 1.99. The number of aliphatic carboxylic acids is 1. The largest absolute Gasteiger partial charge is 0.500 e. The summed E-state index contributed by atoms with van der Waals surface area (Å²) < 4.78 is 20.9. The van der Waals surface area contributed by atoms with Crippen molar-refractivity contribution >= 4 is 32.5 Å². The van der Waals surface area contributed by atoms with Gasteiger partial charge in [0, 0.05) is 33.1 Å². The van der Waals surface area contributed by atoms with E-state index in [1.807, 2.05) is 0 Å². The van der Waals surface area contributed by atoms with Gasteiger partial charge in [-0.1, -0.05) is 0 Å². The molecule has 0 aliphatic heterocycles. The Hall–Kier alpha value is -0.613. The molecular formula is C12H24O7SSi. The third kappa shape index (κ3) is 8.42. The lowest BCUT2D eigenvalue weighted by Crippen LogP contribution is -2.42. The smallest absolute Gasteiger partial charge is 0.481 e. The molecule has 1 N–H and O–H groups in total.